The van der Waals surface area contributed by atoms with Gasteiger partial charge in [-0.2, -0.15) is 0 Å². The third-order valence-corrected chi connectivity index (χ3v) is 3.12. The van der Waals surface area contributed by atoms with E-state index in [0.29, 0.717) is 17.7 Å². The van der Waals surface area contributed by atoms with Crippen LogP contribution in [0.3, 0.4) is 0 Å². The van der Waals surface area contributed by atoms with Gasteiger partial charge in [-0.3, -0.25) is 0 Å². The number of ether oxygens (including phenoxy) is 1. The first-order chi connectivity index (χ1) is 7.58. The summed E-state index contributed by atoms with van der Waals surface area (Å²) in [4.78, 5) is 0. The lowest BCUT2D eigenvalue weighted by atomic mass is 10.2. The van der Waals surface area contributed by atoms with E-state index >= 15 is 0 Å². The van der Waals surface area contributed by atoms with Gasteiger partial charge in [-0.05, 0) is 48.3 Å². The van der Waals surface area contributed by atoms with Crippen LogP contribution < -0.4 is 10.1 Å². The highest BCUT2D eigenvalue weighted by atomic mass is 79.9. The van der Waals surface area contributed by atoms with E-state index in [2.05, 4.69) is 35.1 Å². The van der Waals surface area contributed by atoms with E-state index in [1.807, 2.05) is 19.1 Å². The van der Waals surface area contributed by atoms with Crippen LogP contribution in [-0.2, 0) is 0 Å². The zero-order chi connectivity index (χ0) is 12.1. The zero-order valence-corrected chi connectivity index (χ0v) is 12.2. The van der Waals surface area contributed by atoms with E-state index < -0.39 is 0 Å². The van der Waals surface area contributed by atoms with Crippen molar-refractivity contribution in [3.63, 3.8) is 0 Å². The Morgan fingerprint density at radius 3 is 2.69 bits per heavy atom. The van der Waals surface area contributed by atoms with E-state index in [-0.39, 0.29) is 0 Å². The molecule has 1 rings (SSSR count). The average molecular weight is 307 g/mol. The number of benzene rings is 1. The van der Waals surface area contributed by atoms with Gasteiger partial charge in [0.1, 0.15) is 0 Å². The second-order valence-corrected chi connectivity index (χ2v) is 4.94. The molecule has 0 heterocycles. The fourth-order valence-electron chi connectivity index (χ4n) is 1.33. The zero-order valence-electron chi connectivity index (χ0n) is 9.81. The molecule has 0 amide bonds. The third kappa shape index (κ3) is 3.56. The van der Waals surface area contributed by atoms with Crippen LogP contribution in [0, 0.1) is 0 Å². The van der Waals surface area contributed by atoms with Crippen molar-refractivity contribution in [3.05, 3.63) is 21.6 Å². The lowest BCUT2D eigenvalue weighted by Gasteiger charge is -2.18. The highest BCUT2D eigenvalue weighted by molar-refractivity contribution is 9.10. The molecule has 0 aliphatic carbocycles. The molecule has 1 unspecified atom stereocenters. The van der Waals surface area contributed by atoms with Gasteiger partial charge in [0.2, 0.25) is 0 Å². The number of rotatable bonds is 5. The maximum absolute atomic E-state index is 6.02. The molecule has 1 aromatic rings. The Kier molecular flexibility index (Phi) is 5.42. The van der Waals surface area contributed by atoms with Gasteiger partial charge in [0.15, 0.2) is 5.75 Å². The summed E-state index contributed by atoms with van der Waals surface area (Å²) in [6, 6.07) is 4.13. The molecule has 1 atom stereocenters. The Morgan fingerprint density at radius 1 is 1.44 bits per heavy atom. The summed E-state index contributed by atoms with van der Waals surface area (Å²) in [5.74, 6) is 0.826. The van der Waals surface area contributed by atoms with Crippen molar-refractivity contribution in [1.29, 1.82) is 0 Å². The van der Waals surface area contributed by atoms with Crippen molar-refractivity contribution >= 4 is 33.2 Å². The maximum atomic E-state index is 6.02. The van der Waals surface area contributed by atoms with E-state index in [0.717, 1.165) is 22.3 Å². The molecule has 0 aliphatic heterocycles. The van der Waals surface area contributed by atoms with Gasteiger partial charge in [0.25, 0.3) is 0 Å². The van der Waals surface area contributed by atoms with Crippen LogP contribution in [0.15, 0.2) is 16.6 Å². The molecule has 1 aromatic carbocycles. The van der Waals surface area contributed by atoms with Crippen LogP contribution in [0.2, 0.25) is 5.02 Å². The van der Waals surface area contributed by atoms with Crippen molar-refractivity contribution in [2.24, 2.45) is 0 Å². The molecule has 0 bridgehead atoms. The largest absolute Gasteiger partial charge is 0.491 e. The molecular formula is C12H17BrClNO. The predicted octanol–water partition coefficient (Wildman–Crippen LogP) is 4.71. The summed E-state index contributed by atoms with van der Waals surface area (Å²) in [5.41, 5.74) is 0.940. The SMILES string of the molecule is CCOc1c(Br)cc(Cl)cc1NC(C)CC. The maximum Gasteiger partial charge on any atom is 0.156 e. The molecule has 0 saturated carbocycles. The first kappa shape index (κ1) is 13.7. The first-order valence-electron chi connectivity index (χ1n) is 5.46. The van der Waals surface area contributed by atoms with Gasteiger partial charge < -0.3 is 10.1 Å². The topological polar surface area (TPSA) is 21.3 Å². The highest BCUT2D eigenvalue weighted by Gasteiger charge is 2.11. The summed E-state index contributed by atoms with van der Waals surface area (Å²) < 4.78 is 6.48. The fraction of sp³-hybridized carbons (Fsp3) is 0.500. The summed E-state index contributed by atoms with van der Waals surface area (Å²) in [5, 5.41) is 4.08. The van der Waals surface area contributed by atoms with E-state index in [1.165, 1.54) is 0 Å². The van der Waals surface area contributed by atoms with E-state index in [9.17, 15) is 0 Å². The van der Waals surface area contributed by atoms with Crippen LogP contribution in [-0.4, -0.2) is 12.6 Å². The van der Waals surface area contributed by atoms with E-state index in [1.54, 1.807) is 0 Å². The second-order valence-electron chi connectivity index (χ2n) is 3.65. The Balaban J connectivity index is 3.03. The fourth-order valence-corrected chi connectivity index (χ4v) is 2.25. The van der Waals surface area contributed by atoms with Crippen molar-refractivity contribution < 1.29 is 4.74 Å². The standard InChI is InChI=1S/C12H17BrClNO/c1-4-8(3)15-11-7-9(14)6-10(13)12(11)16-5-2/h6-8,15H,4-5H2,1-3H3. The highest BCUT2D eigenvalue weighted by Crippen LogP contribution is 2.37. The van der Waals surface area contributed by atoms with Crippen molar-refractivity contribution in [2.75, 3.05) is 11.9 Å². The molecule has 0 aromatic heterocycles. The molecular weight excluding hydrogens is 289 g/mol. The molecule has 2 nitrogen and oxygen atoms in total. The monoisotopic (exact) mass is 305 g/mol. The van der Waals surface area contributed by atoms with Gasteiger partial charge >= 0.3 is 0 Å². The normalized spacial score (nSPS) is 12.3. The quantitative estimate of drug-likeness (QED) is 0.850. The lowest BCUT2D eigenvalue weighted by Crippen LogP contribution is -2.14. The first-order valence-corrected chi connectivity index (χ1v) is 6.63. The predicted molar refractivity (Wildman–Crippen MR) is 73.7 cm³/mol. The molecule has 0 radical (unpaired) electrons. The number of halogens is 2. The molecule has 4 heteroatoms. The van der Waals surface area contributed by atoms with Crippen LogP contribution >= 0.6 is 27.5 Å². The molecule has 1 N–H and O–H groups in total. The van der Waals surface area contributed by atoms with Crippen LogP contribution in [0.1, 0.15) is 27.2 Å². The Hall–Kier alpha value is -0.410. The minimum Gasteiger partial charge on any atom is -0.491 e. The molecule has 0 fully saturated rings. The molecule has 0 saturated heterocycles. The van der Waals surface area contributed by atoms with Gasteiger partial charge in [0.05, 0.1) is 16.8 Å². The summed E-state index contributed by atoms with van der Waals surface area (Å²) in [6.07, 6.45) is 1.05. The van der Waals surface area contributed by atoms with E-state index in [4.69, 9.17) is 16.3 Å². The number of hydrogen-bond acceptors (Lipinski definition) is 2. The van der Waals surface area contributed by atoms with Crippen LogP contribution in [0.4, 0.5) is 5.69 Å². The van der Waals surface area contributed by atoms with Gasteiger partial charge in [-0.25, -0.2) is 0 Å². The second kappa shape index (κ2) is 6.36. The molecule has 16 heavy (non-hydrogen) atoms. The van der Waals surface area contributed by atoms with Crippen LogP contribution in [0.5, 0.6) is 5.75 Å². The lowest BCUT2D eigenvalue weighted by molar-refractivity contribution is 0.339. The summed E-state index contributed by atoms with van der Waals surface area (Å²) in [6.45, 7) is 6.87. The molecule has 0 aliphatic rings. The van der Waals surface area contributed by atoms with Crippen molar-refractivity contribution in [3.8, 4) is 5.75 Å². The minimum atomic E-state index is 0.393. The van der Waals surface area contributed by atoms with Gasteiger partial charge in [0, 0.05) is 11.1 Å². The molecule has 90 valence electrons. The Labute approximate surface area is 110 Å². The number of nitrogens with one attached hydrogen (secondary N) is 1. The van der Waals surface area contributed by atoms with Gasteiger partial charge in [-0.1, -0.05) is 18.5 Å². The minimum absolute atomic E-state index is 0.393. The van der Waals surface area contributed by atoms with Crippen molar-refractivity contribution in [1.82, 2.24) is 0 Å². The Bertz CT molecular complexity index is 357. The number of hydrogen-bond donors (Lipinski definition) is 1. The smallest absolute Gasteiger partial charge is 0.156 e. The molecule has 0 spiro atoms. The Morgan fingerprint density at radius 2 is 2.12 bits per heavy atom. The van der Waals surface area contributed by atoms with Crippen LogP contribution in [0.25, 0.3) is 0 Å². The van der Waals surface area contributed by atoms with Crippen molar-refractivity contribution in [2.45, 2.75) is 33.2 Å². The van der Waals surface area contributed by atoms with Gasteiger partial charge in [-0.15, -0.1) is 0 Å². The summed E-state index contributed by atoms with van der Waals surface area (Å²) in [7, 11) is 0. The average Bonchev–Trinajstić information content (AvgIpc) is 2.23. The summed E-state index contributed by atoms with van der Waals surface area (Å²) >= 11 is 9.48. The third-order valence-electron chi connectivity index (χ3n) is 2.31. The number of anilines is 1.